The predicted octanol–water partition coefficient (Wildman–Crippen LogP) is 1.21. The Morgan fingerprint density at radius 3 is 2.60 bits per heavy atom. The Balaban J connectivity index is 2.83. The van der Waals surface area contributed by atoms with Crippen LogP contribution in [0.4, 0.5) is 10.1 Å². The van der Waals surface area contributed by atoms with Crippen LogP contribution >= 0.6 is 0 Å². The van der Waals surface area contributed by atoms with Gasteiger partial charge in [-0.15, -0.1) is 0 Å². The highest BCUT2D eigenvalue weighted by atomic mass is 19.1. The molecule has 0 aliphatic heterocycles. The Morgan fingerprint density at radius 2 is 2.13 bits per heavy atom. The fourth-order valence-electron chi connectivity index (χ4n) is 0.877. The van der Waals surface area contributed by atoms with Crippen LogP contribution in [0.5, 0.6) is 5.75 Å². The van der Waals surface area contributed by atoms with Gasteiger partial charge in [-0.1, -0.05) is 0 Å². The molecule has 1 amide bonds. The molecular formula is C10H13FN2O2. The highest BCUT2D eigenvalue weighted by Gasteiger charge is 2.21. The number of halogens is 1. The number of phenolic OH excluding ortho intramolecular Hbond substituents is 1. The third kappa shape index (κ3) is 2.92. The van der Waals surface area contributed by atoms with Crippen LogP contribution in [-0.4, -0.2) is 16.6 Å². The van der Waals surface area contributed by atoms with Crippen molar-refractivity contribution < 1.29 is 14.3 Å². The number of rotatable bonds is 2. The molecule has 0 saturated carbocycles. The monoisotopic (exact) mass is 212 g/mol. The topological polar surface area (TPSA) is 75.4 Å². The minimum absolute atomic E-state index is 0.258. The van der Waals surface area contributed by atoms with Crippen molar-refractivity contribution in [1.82, 2.24) is 0 Å². The van der Waals surface area contributed by atoms with E-state index in [1.807, 2.05) is 0 Å². The molecule has 0 aromatic heterocycles. The van der Waals surface area contributed by atoms with Crippen molar-refractivity contribution in [2.24, 2.45) is 5.73 Å². The average molecular weight is 212 g/mol. The lowest BCUT2D eigenvalue weighted by Gasteiger charge is -2.17. The maximum atomic E-state index is 12.9. The molecule has 0 saturated heterocycles. The zero-order valence-corrected chi connectivity index (χ0v) is 8.54. The molecule has 0 heterocycles. The summed E-state index contributed by atoms with van der Waals surface area (Å²) in [6, 6.07) is 3.58. The molecule has 15 heavy (non-hydrogen) atoms. The van der Waals surface area contributed by atoms with Gasteiger partial charge in [-0.25, -0.2) is 4.39 Å². The molecular weight excluding hydrogens is 199 g/mol. The molecule has 0 unspecified atom stereocenters. The molecule has 0 fully saturated rings. The summed E-state index contributed by atoms with van der Waals surface area (Å²) in [6.07, 6.45) is 0. The molecule has 82 valence electrons. The summed E-state index contributed by atoms with van der Waals surface area (Å²) in [4.78, 5) is 11.4. The molecule has 5 heteroatoms. The van der Waals surface area contributed by atoms with Crippen LogP contribution in [-0.2, 0) is 4.79 Å². The normalized spacial score (nSPS) is 11.2. The van der Waals surface area contributed by atoms with E-state index in [0.717, 1.165) is 12.1 Å². The van der Waals surface area contributed by atoms with E-state index in [1.165, 1.54) is 6.07 Å². The van der Waals surface area contributed by atoms with E-state index in [1.54, 1.807) is 13.8 Å². The molecule has 0 aliphatic rings. The lowest BCUT2D eigenvalue weighted by molar-refractivity contribution is -0.120. The van der Waals surface area contributed by atoms with E-state index in [4.69, 9.17) is 10.8 Å². The van der Waals surface area contributed by atoms with E-state index in [0.29, 0.717) is 0 Å². The SMILES string of the molecule is CC(C)(N)C(=O)Nc1ccc(O)c(F)c1. The first-order chi connectivity index (χ1) is 6.80. The number of carbonyl (C=O) groups excluding carboxylic acids is 1. The second-order valence-corrected chi connectivity index (χ2v) is 3.84. The second-order valence-electron chi connectivity index (χ2n) is 3.84. The van der Waals surface area contributed by atoms with Gasteiger partial charge in [0.1, 0.15) is 0 Å². The number of nitrogens with two attached hydrogens (primary N) is 1. The molecule has 1 aromatic rings. The minimum Gasteiger partial charge on any atom is -0.505 e. The van der Waals surface area contributed by atoms with Crippen LogP contribution in [0, 0.1) is 5.82 Å². The third-order valence-corrected chi connectivity index (χ3v) is 1.79. The van der Waals surface area contributed by atoms with Crippen LogP contribution in [0.1, 0.15) is 13.8 Å². The number of anilines is 1. The maximum Gasteiger partial charge on any atom is 0.243 e. The average Bonchev–Trinajstić information content (AvgIpc) is 2.10. The van der Waals surface area contributed by atoms with Crippen LogP contribution in [0.3, 0.4) is 0 Å². The van der Waals surface area contributed by atoms with Crippen molar-refractivity contribution in [2.75, 3.05) is 5.32 Å². The Morgan fingerprint density at radius 1 is 1.53 bits per heavy atom. The summed E-state index contributed by atoms with van der Waals surface area (Å²) in [6.45, 7) is 3.08. The zero-order chi connectivity index (χ0) is 11.6. The number of amides is 1. The number of benzene rings is 1. The van der Waals surface area contributed by atoms with E-state index in [-0.39, 0.29) is 5.69 Å². The first-order valence-electron chi connectivity index (χ1n) is 4.39. The van der Waals surface area contributed by atoms with Gasteiger partial charge < -0.3 is 16.2 Å². The van der Waals surface area contributed by atoms with Crippen molar-refractivity contribution in [3.8, 4) is 5.75 Å². The Labute approximate surface area is 86.9 Å². The van der Waals surface area contributed by atoms with Crippen LogP contribution < -0.4 is 11.1 Å². The number of nitrogens with one attached hydrogen (secondary N) is 1. The summed E-state index contributed by atoms with van der Waals surface area (Å²) in [5.41, 5.74) is 4.76. The molecule has 0 spiro atoms. The van der Waals surface area contributed by atoms with Crippen LogP contribution in [0.2, 0.25) is 0 Å². The minimum atomic E-state index is -1.03. The molecule has 4 N–H and O–H groups in total. The fraction of sp³-hybridized carbons (Fsp3) is 0.300. The number of phenols is 1. The molecule has 4 nitrogen and oxygen atoms in total. The van der Waals surface area contributed by atoms with Gasteiger partial charge in [0, 0.05) is 11.8 Å². The first-order valence-corrected chi connectivity index (χ1v) is 4.39. The fourth-order valence-corrected chi connectivity index (χ4v) is 0.877. The van der Waals surface area contributed by atoms with Gasteiger partial charge >= 0.3 is 0 Å². The highest BCUT2D eigenvalue weighted by Crippen LogP contribution is 2.19. The van der Waals surface area contributed by atoms with Crippen molar-refractivity contribution in [3.05, 3.63) is 24.0 Å². The van der Waals surface area contributed by atoms with Gasteiger partial charge in [-0.2, -0.15) is 0 Å². The van der Waals surface area contributed by atoms with Gasteiger partial charge in [0.25, 0.3) is 0 Å². The van der Waals surface area contributed by atoms with E-state index in [9.17, 15) is 9.18 Å². The van der Waals surface area contributed by atoms with Gasteiger partial charge in [-0.3, -0.25) is 4.79 Å². The summed E-state index contributed by atoms with van der Waals surface area (Å²) in [5, 5.41) is 11.4. The zero-order valence-electron chi connectivity index (χ0n) is 8.54. The summed E-state index contributed by atoms with van der Waals surface area (Å²) in [7, 11) is 0. The first kappa shape index (κ1) is 11.5. The standard InChI is InChI=1S/C10H13FN2O2/c1-10(2,12)9(15)13-6-3-4-8(14)7(11)5-6/h3-5,14H,12H2,1-2H3,(H,13,15). The number of carbonyl (C=O) groups is 1. The molecule has 0 radical (unpaired) electrons. The molecule has 0 bridgehead atoms. The van der Waals surface area contributed by atoms with Gasteiger partial charge in [0.15, 0.2) is 11.6 Å². The smallest absolute Gasteiger partial charge is 0.243 e. The molecule has 0 atom stereocenters. The predicted molar refractivity (Wildman–Crippen MR) is 55.0 cm³/mol. The molecule has 0 aliphatic carbocycles. The maximum absolute atomic E-state index is 12.9. The van der Waals surface area contributed by atoms with Crippen molar-refractivity contribution >= 4 is 11.6 Å². The largest absolute Gasteiger partial charge is 0.505 e. The highest BCUT2D eigenvalue weighted by molar-refractivity contribution is 5.97. The molecule has 1 aromatic carbocycles. The van der Waals surface area contributed by atoms with Crippen molar-refractivity contribution in [1.29, 1.82) is 0 Å². The summed E-state index contributed by atoms with van der Waals surface area (Å²) < 4.78 is 12.9. The lowest BCUT2D eigenvalue weighted by Crippen LogP contribution is -2.45. The van der Waals surface area contributed by atoms with Crippen LogP contribution in [0.15, 0.2) is 18.2 Å². The molecule has 1 rings (SSSR count). The Kier molecular flexibility index (Phi) is 2.95. The Bertz CT molecular complexity index is 385. The lowest BCUT2D eigenvalue weighted by atomic mass is 10.1. The number of aromatic hydroxyl groups is 1. The Hall–Kier alpha value is -1.62. The third-order valence-electron chi connectivity index (χ3n) is 1.79. The van der Waals surface area contributed by atoms with E-state index in [2.05, 4.69) is 5.32 Å². The number of hydrogen-bond donors (Lipinski definition) is 3. The van der Waals surface area contributed by atoms with Crippen molar-refractivity contribution in [2.45, 2.75) is 19.4 Å². The quantitative estimate of drug-likeness (QED) is 0.645. The van der Waals surface area contributed by atoms with Gasteiger partial charge in [-0.05, 0) is 26.0 Å². The number of hydrogen-bond acceptors (Lipinski definition) is 3. The van der Waals surface area contributed by atoms with E-state index >= 15 is 0 Å². The van der Waals surface area contributed by atoms with Gasteiger partial charge in [0.05, 0.1) is 5.54 Å². The van der Waals surface area contributed by atoms with Gasteiger partial charge in [0.2, 0.25) is 5.91 Å². The second kappa shape index (κ2) is 3.86. The summed E-state index contributed by atoms with van der Waals surface area (Å²) >= 11 is 0. The van der Waals surface area contributed by atoms with Crippen LogP contribution in [0.25, 0.3) is 0 Å². The van der Waals surface area contributed by atoms with E-state index < -0.39 is 23.0 Å². The van der Waals surface area contributed by atoms with Crippen molar-refractivity contribution in [3.63, 3.8) is 0 Å². The summed E-state index contributed by atoms with van der Waals surface area (Å²) in [5.74, 6) is -1.67.